The third kappa shape index (κ3) is 4.19. The van der Waals surface area contributed by atoms with E-state index in [1.165, 1.54) is 6.07 Å². The Morgan fingerprint density at radius 1 is 1.56 bits per heavy atom. The van der Waals surface area contributed by atoms with E-state index in [1.807, 2.05) is 0 Å². The minimum atomic E-state index is -1.98. The second-order valence-electron chi connectivity index (χ2n) is 3.35. The van der Waals surface area contributed by atoms with Crippen molar-refractivity contribution >= 4 is 34.3 Å². The Hall–Kier alpha value is -0.720. The molecule has 0 spiro atoms. The van der Waals surface area contributed by atoms with Crippen molar-refractivity contribution in [3.63, 3.8) is 0 Å². The molecule has 1 rings (SSSR count). The van der Waals surface area contributed by atoms with E-state index in [2.05, 4.69) is 20.7 Å². The zero-order chi connectivity index (χ0) is 13.0. The average Bonchev–Trinajstić information content (AvgIpc) is 2.27. The van der Waals surface area contributed by atoms with Crippen molar-refractivity contribution in [3.05, 3.63) is 34.1 Å². The summed E-state index contributed by atoms with van der Waals surface area (Å²) in [6.07, 6.45) is -1.98. The van der Waals surface area contributed by atoms with Gasteiger partial charge in [0.15, 0.2) is 0 Å². The van der Waals surface area contributed by atoms with E-state index in [-0.39, 0.29) is 19.0 Å². The summed E-state index contributed by atoms with van der Waals surface area (Å²) in [7, 11) is 0. The number of nitrogens with two attached hydrogens (primary N) is 1. The van der Waals surface area contributed by atoms with Crippen LogP contribution in [0.3, 0.4) is 0 Å². The van der Waals surface area contributed by atoms with Crippen molar-refractivity contribution in [1.82, 2.24) is 0 Å². The lowest BCUT2D eigenvalue weighted by atomic mass is 10.0. The zero-order valence-electron chi connectivity index (χ0n) is 9.53. The zero-order valence-corrected chi connectivity index (χ0v) is 11.9. The normalized spacial score (nSPS) is 13.4. The molecular weight excluding hydrogens is 331 g/mol. The Labute approximate surface area is 118 Å². The Morgan fingerprint density at radius 2 is 2.17 bits per heavy atom. The van der Waals surface area contributed by atoms with Gasteiger partial charge in [0.2, 0.25) is 6.17 Å². The number of hydrogen-bond acceptors (Lipinski definition) is 3. The summed E-state index contributed by atoms with van der Waals surface area (Å²) in [4.78, 5) is 11.2. The number of carbonyl (C=O) groups is 1. The summed E-state index contributed by atoms with van der Waals surface area (Å²) in [6, 6.07) is 2.45. The van der Waals surface area contributed by atoms with Crippen LogP contribution in [0.4, 0.5) is 8.78 Å². The van der Waals surface area contributed by atoms with Crippen molar-refractivity contribution in [1.29, 1.82) is 0 Å². The molecule has 0 amide bonds. The van der Waals surface area contributed by atoms with Crippen LogP contribution in [0.15, 0.2) is 22.7 Å². The summed E-state index contributed by atoms with van der Waals surface area (Å²) >= 11 is 3.07. The van der Waals surface area contributed by atoms with Crippen LogP contribution < -0.4 is 5.73 Å². The van der Waals surface area contributed by atoms with E-state index >= 15 is 0 Å². The van der Waals surface area contributed by atoms with Gasteiger partial charge in [0.05, 0.1) is 12.6 Å². The predicted octanol–water partition coefficient (Wildman–Crippen LogP) is 2.91. The molecule has 18 heavy (non-hydrogen) atoms. The molecule has 7 heteroatoms. The van der Waals surface area contributed by atoms with Crippen LogP contribution >= 0.6 is 28.3 Å². The first-order valence-electron chi connectivity index (χ1n) is 4.98. The molecule has 2 N–H and O–H groups in total. The summed E-state index contributed by atoms with van der Waals surface area (Å²) in [5.41, 5.74) is 5.90. The number of esters is 1. The molecule has 1 aromatic carbocycles. The quantitative estimate of drug-likeness (QED) is 0.855. The topological polar surface area (TPSA) is 52.3 Å². The maximum Gasteiger partial charge on any atom is 0.342 e. The highest BCUT2D eigenvalue weighted by Gasteiger charge is 2.29. The molecule has 0 aliphatic rings. The summed E-state index contributed by atoms with van der Waals surface area (Å²) < 4.78 is 31.3. The van der Waals surface area contributed by atoms with Crippen molar-refractivity contribution in [3.8, 4) is 0 Å². The van der Waals surface area contributed by atoms with Crippen molar-refractivity contribution in [2.45, 2.75) is 19.1 Å². The SMILES string of the molecule is CCOC(=O)C(F)[C@@H](N)c1ccc(F)cc1Br.Cl. The first kappa shape index (κ1) is 17.3. The molecule has 0 fully saturated rings. The first-order valence-corrected chi connectivity index (χ1v) is 5.78. The maximum atomic E-state index is 13.6. The number of benzene rings is 1. The Morgan fingerprint density at radius 3 is 2.67 bits per heavy atom. The number of alkyl halides is 1. The number of halogens is 4. The number of hydrogen-bond donors (Lipinski definition) is 1. The molecule has 0 heterocycles. The monoisotopic (exact) mass is 343 g/mol. The predicted molar refractivity (Wildman–Crippen MR) is 69.8 cm³/mol. The molecule has 0 aromatic heterocycles. The molecule has 1 aromatic rings. The largest absolute Gasteiger partial charge is 0.464 e. The third-order valence-electron chi connectivity index (χ3n) is 2.15. The van der Waals surface area contributed by atoms with Gasteiger partial charge in [0.25, 0.3) is 0 Å². The molecular formula is C11H13BrClF2NO2. The third-order valence-corrected chi connectivity index (χ3v) is 2.84. The molecule has 0 saturated carbocycles. The van der Waals surface area contributed by atoms with Crippen LogP contribution in [0.1, 0.15) is 18.5 Å². The van der Waals surface area contributed by atoms with Crippen molar-refractivity contribution in [2.75, 3.05) is 6.61 Å². The average molecular weight is 345 g/mol. The van der Waals surface area contributed by atoms with Gasteiger partial charge in [-0.1, -0.05) is 22.0 Å². The van der Waals surface area contributed by atoms with Crippen molar-refractivity contribution in [2.24, 2.45) is 5.73 Å². The number of ether oxygens (including phenoxy) is 1. The maximum absolute atomic E-state index is 13.6. The summed E-state index contributed by atoms with van der Waals surface area (Å²) in [5.74, 6) is -1.49. The van der Waals surface area contributed by atoms with Gasteiger partial charge >= 0.3 is 5.97 Å². The molecule has 2 atom stereocenters. The molecule has 0 saturated heterocycles. The Balaban J connectivity index is 0.00000289. The highest BCUT2D eigenvalue weighted by atomic mass is 79.9. The van der Waals surface area contributed by atoms with E-state index in [1.54, 1.807) is 6.92 Å². The molecule has 102 valence electrons. The van der Waals surface area contributed by atoms with Gasteiger partial charge in [0, 0.05) is 4.47 Å². The van der Waals surface area contributed by atoms with Crippen LogP contribution in [-0.4, -0.2) is 18.7 Å². The van der Waals surface area contributed by atoms with Gasteiger partial charge in [0.1, 0.15) is 5.82 Å². The summed E-state index contributed by atoms with van der Waals surface area (Å²) in [5, 5.41) is 0. The molecule has 0 radical (unpaired) electrons. The standard InChI is InChI=1S/C11H12BrF2NO2.ClH/c1-2-17-11(16)9(14)10(15)7-4-3-6(13)5-8(7)12;/h3-5,9-10H,2,15H2,1H3;1H/t9?,10-;/m0./s1. The Kier molecular flexibility index (Phi) is 7.35. The fourth-order valence-corrected chi connectivity index (χ4v) is 1.91. The molecule has 0 aliphatic heterocycles. The number of carbonyl (C=O) groups excluding carboxylic acids is 1. The number of rotatable bonds is 4. The van der Waals surface area contributed by atoms with Crippen LogP contribution in [0, 0.1) is 5.82 Å². The minimum absolute atomic E-state index is 0. The molecule has 0 bridgehead atoms. The smallest absolute Gasteiger partial charge is 0.342 e. The van der Waals surface area contributed by atoms with Crippen LogP contribution in [0.5, 0.6) is 0 Å². The second-order valence-corrected chi connectivity index (χ2v) is 4.20. The van der Waals surface area contributed by atoms with Crippen molar-refractivity contribution < 1.29 is 18.3 Å². The van der Waals surface area contributed by atoms with Crippen LogP contribution in [-0.2, 0) is 9.53 Å². The lowest BCUT2D eigenvalue weighted by molar-refractivity contribution is -0.149. The fraction of sp³-hybridized carbons (Fsp3) is 0.364. The van der Waals surface area contributed by atoms with E-state index < -0.39 is 24.0 Å². The highest BCUT2D eigenvalue weighted by Crippen LogP contribution is 2.26. The Bertz CT molecular complexity index is 420. The van der Waals surface area contributed by atoms with Crippen LogP contribution in [0.25, 0.3) is 0 Å². The van der Waals surface area contributed by atoms with Gasteiger partial charge < -0.3 is 10.5 Å². The van der Waals surface area contributed by atoms with Gasteiger partial charge in [-0.05, 0) is 24.6 Å². The summed E-state index contributed by atoms with van der Waals surface area (Å²) in [6.45, 7) is 1.65. The van der Waals surface area contributed by atoms with Gasteiger partial charge in [-0.25, -0.2) is 13.6 Å². The van der Waals surface area contributed by atoms with E-state index in [0.717, 1.165) is 12.1 Å². The van der Waals surface area contributed by atoms with E-state index in [4.69, 9.17) is 5.73 Å². The second kappa shape index (κ2) is 7.66. The molecule has 1 unspecified atom stereocenters. The van der Waals surface area contributed by atoms with Gasteiger partial charge in [-0.2, -0.15) is 0 Å². The van der Waals surface area contributed by atoms with Gasteiger partial charge in [-0.3, -0.25) is 0 Å². The van der Waals surface area contributed by atoms with Gasteiger partial charge in [-0.15, -0.1) is 12.4 Å². The van der Waals surface area contributed by atoms with E-state index in [0.29, 0.717) is 10.0 Å². The molecule has 0 aliphatic carbocycles. The highest BCUT2D eigenvalue weighted by molar-refractivity contribution is 9.10. The molecule has 3 nitrogen and oxygen atoms in total. The lowest BCUT2D eigenvalue weighted by Gasteiger charge is -2.17. The minimum Gasteiger partial charge on any atom is -0.464 e. The van der Waals surface area contributed by atoms with Crippen LogP contribution in [0.2, 0.25) is 0 Å². The fourth-order valence-electron chi connectivity index (χ4n) is 1.30. The van der Waals surface area contributed by atoms with E-state index in [9.17, 15) is 13.6 Å². The first-order chi connectivity index (χ1) is 7.97. The lowest BCUT2D eigenvalue weighted by Crippen LogP contribution is -2.31.